The van der Waals surface area contributed by atoms with E-state index in [2.05, 4.69) is 40.7 Å². The van der Waals surface area contributed by atoms with Gasteiger partial charge in [-0.25, -0.2) is 0 Å². The third kappa shape index (κ3) is 9.49. The van der Waals surface area contributed by atoms with Crippen molar-refractivity contribution >= 4 is 17.9 Å². The number of carboxylic acid groups (broad SMARTS) is 1. The molecule has 5 aliphatic carbocycles. The molecule has 4 saturated carbocycles. The van der Waals surface area contributed by atoms with Crippen LogP contribution in [-0.4, -0.2) is 212 Å². The Labute approximate surface area is 454 Å². The predicted molar refractivity (Wildman–Crippen MR) is 264 cm³/mol. The summed E-state index contributed by atoms with van der Waals surface area (Å²) >= 11 is 0. The summed E-state index contributed by atoms with van der Waals surface area (Å²) in [5.41, 5.74) is -2.45. The van der Waals surface area contributed by atoms with E-state index in [-0.39, 0.29) is 35.9 Å². The van der Waals surface area contributed by atoms with E-state index in [9.17, 15) is 70.6 Å². The number of carbonyl (C=O) groups excluding carboxylic acids is 3. The van der Waals surface area contributed by atoms with Gasteiger partial charge in [-0.15, -0.1) is 0 Å². The molecule has 10 unspecified atom stereocenters. The van der Waals surface area contributed by atoms with E-state index >= 15 is 0 Å². The van der Waals surface area contributed by atoms with Gasteiger partial charge in [0.15, 0.2) is 18.9 Å². The van der Waals surface area contributed by atoms with Crippen molar-refractivity contribution in [2.45, 2.75) is 224 Å². The van der Waals surface area contributed by atoms with Gasteiger partial charge < -0.3 is 110 Å². The van der Waals surface area contributed by atoms with Crippen LogP contribution < -0.4 is 11.3 Å². The van der Waals surface area contributed by atoms with Gasteiger partial charge in [-0.2, -0.15) is 0 Å². The molecule has 9 rings (SSSR count). The monoisotopic (exact) mass is 1120 g/mol. The summed E-state index contributed by atoms with van der Waals surface area (Å²) in [4.78, 5) is 38.3. The number of carbonyl (C=O) groups is 3. The Balaban J connectivity index is 0.00000803. The van der Waals surface area contributed by atoms with E-state index in [1.165, 1.54) is 12.5 Å². The third-order valence-electron chi connectivity index (χ3n) is 21.3. The molecule has 28 atom stereocenters. The molecule has 24 nitrogen and oxygen atoms in total. The first-order valence-corrected chi connectivity index (χ1v) is 27.4. The van der Waals surface area contributed by atoms with Crippen LogP contribution in [0.2, 0.25) is 0 Å². The summed E-state index contributed by atoms with van der Waals surface area (Å²) in [6.07, 6.45) is -23.3. The van der Waals surface area contributed by atoms with Crippen molar-refractivity contribution in [3.8, 4) is 0 Å². The number of esters is 2. The maximum absolute atomic E-state index is 13.6. The van der Waals surface area contributed by atoms with E-state index in [1.54, 1.807) is 13.8 Å². The summed E-state index contributed by atoms with van der Waals surface area (Å²) in [5.74, 6) is -4.10. The Morgan fingerprint density at radius 2 is 1.44 bits per heavy atom. The lowest BCUT2D eigenvalue weighted by Crippen LogP contribution is -2.70. The smallest absolute Gasteiger partial charge is 0.312 e. The first-order valence-electron chi connectivity index (χ1n) is 27.4. The number of aliphatic hydroxyl groups excluding tert-OH is 10. The average Bonchev–Trinajstić information content (AvgIpc) is 3.60. The summed E-state index contributed by atoms with van der Waals surface area (Å²) < 4.78 is 54.1. The second-order valence-electron chi connectivity index (χ2n) is 25.8. The molecule has 24 heteroatoms. The maximum Gasteiger partial charge on any atom is 0.312 e. The molecule has 0 amide bonds. The third-order valence-corrected chi connectivity index (χ3v) is 21.3. The molecule has 2 bridgehead atoms. The van der Waals surface area contributed by atoms with Crippen LogP contribution in [0, 0.1) is 56.2 Å². The molecular formula is C54H87NO23. The van der Waals surface area contributed by atoms with Gasteiger partial charge >= 0.3 is 11.9 Å². The van der Waals surface area contributed by atoms with Gasteiger partial charge in [-0.1, -0.05) is 53.2 Å². The van der Waals surface area contributed by atoms with Crippen molar-refractivity contribution in [2.75, 3.05) is 26.4 Å². The van der Waals surface area contributed by atoms with Gasteiger partial charge in [0, 0.05) is 12.3 Å². The standard InChI is InChI=1S/C54H84O23.H3N/c1-22(23(2)71-24(3)57)45(68)70-21-54-26-16-49(4,5)43(42(54)65)73-32(54)17-53(9)25(26)10-11-30-50(6)14-13-31(51(7,20-56)29(50)12-15-52(30,53)8)74-48-40(76-46-36(62)33(59)27(58)19-69-46)38(64)39(41(77-48)44(66)67)75-47-37(63)35(61)34(60)28(18-55)72-47;/h10,22-23,26-43,46-48,55-56,58-65H,11-21H2,1-9H3,(H,66,67);1H3/t22?,23?,26?,27-,28-,29?,30?,31?,32-,33+,34-,35+,36-,37-,38+,39+,40-,41+,42?,43-,46+,47-,48-,50?,51-,52?,53-,54?;/m1./s1. The first kappa shape index (κ1) is 61.5. The zero-order valence-corrected chi connectivity index (χ0v) is 46.4. The van der Waals surface area contributed by atoms with Crippen LogP contribution >= 0.6 is 0 Å². The molecule has 0 radical (unpaired) electrons. The van der Waals surface area contributed by atoms with E-state index in [1.807, 2.05) is 6.92 Å². The molecule has 446 valence electrons. The molecule has 4 heterocycles. The van der Waals surface area contributed by atoms with Crippen LogP contribution in [0.25, 0.3) is 0 Å². The first-order chi connectivity index (χ1) is 36.0. The zero-order chi connectivity index (χ0) is 56.4. The van der Waals surface area contributed by atoms with Gasteiger partial charge in [0.25, 0.3) is 0 Å². The number of ether oxygens (including phenoxy) is 9. The fourth-order valence-electron chi connectivity index (χ4n) is 16.5. The molecule has 4 aliphatic heterocycles. The predicted octanol–water partition coefficient (Wildman–Crippen LogP) is -1.54. The van der Waals surface area contributed by atoms with Crippen LogP contribution in [-0.2, 0) is 57.0 Å². The van der Waals surface area contributed by atoms with Gasteiger partial charge in [-0.05, 0) is 98.2 Å². The highest BCUT2D eigenvalue weighted by molar-refractivity contribution is 5.74. The maximum atomic E-state index is 13.6. The molecule has 9 aliphatic rings. The lowest BCUT2D eigenvalue weighted by atomic mass is 9.33. The molecule has 0 aromatic carbocycles. The molecule has 78 heavy (non-hydrogen) atoms. The second-order valence-corrected chi connectivity index (χ2v) is 25.8. The van der Waals surface area contributed by atoms with Crippen molar-refractivity contribution in [3.63, 3.8) is 0 Å². The van der Waals surface area contributed by atoms with Crippen LogP contribution in [0.15, 0.2) is 11.6 Å². The van der Waals surface area contributed by atoms with Crippen molar-refractivity contribution in [1.82, 2.24) is 6.15 Å². The van der Waals surface area contributed by atoms with E-state index in [0.29, 0.717) is 44.9 Å². The SMILES string of the molecule is CC(=O)OC(C)C(C)C(=O)OCC12C3CC(C)(C)[C@H](O[C@@H]1C[C@]1(C)C3=CCC3C4(C)CCC(O[C@@H]5O[C@H](C(=O)[O-])[C@@H](O[C@H]6O[C@H](CO)[C@@H](O)[C@H](O)[C@H]6O)[C@H](O)[C@H]5O[C@@H]5OC[C@@H](O)[C@H](O)[C@H]5O)[C@](C)(CO)C4CCC31C)C2O.[NH4+]. The topological polar surface area (TPSA) is 396 Å². The number of aliphatic carboxylic acids is 1. The van der Waals surface area contributed by atoms with Crippen molar-refractivity contribution in [1.29, 1.82) is 0 Å². The summed E-state index contributed by atoms with van der Waals surface area (Å²) in [6, 6.07) is 0. The number of quaternary nitrogens is 1. The van der Waals surface area contributed by atoms with Gasteiger partial charge in [-0.3, -0.25) is 9.59 Å². The summed E-state index contributed by atoms with van der Waals surface area (Å²) in [5, 5.41) is 123. The number of allylic oxidation sites excluding steroid dienone is 2. The minimum absolute atomic E-state index is 0. The Kier molecular flexibility index (Phi) is 17.3. The summed E-state index contributed by atoms with van der Waals surface area (Å²) in [7, 11) is 0. The molecule has 0 aromatic heterocycles. The zero-order valence-electron chi connectivity index (χ0n) is 46.4. The highest BCUT2D eigenvalue weighted by Crippen LogP contribution is 2.77. The van der Waals surface area contributed by atoms with Crippen LogP contribution in [0.1, 0.15) is 107 Å². The normalized spacial score (nSPS) is 51.0. The van der Waals surface area contributed by atoms with E-state index < -0.39 is 187 Å². The highest BCUT2D eigenvalue weighted by Gasteiger charge is 2.76. The van der Waals surface area contributed by atoms with Gasteiger partial charge in [0.05, 0.1) is 61.5 Å². The van der Waals surface area contributed by atoms with Crippen molar-refractivity contribution < 1.29 is 113 Å². The molecular weight excluding hydrogens is 1030 g/mol. The van der Waals surface area contributed by atoms with Gasteiger partial charge in [0.2, 0.25) is 0 Å². The minimum Gasteiger partial charge on any atom is -0.547 e. The molecule has 0 spiro atoms. The van der Waals surface area contributed by atoms with E-state index in [0.717, 1.165) is 0 Å². The number of rotatable bonds is 14. The van der Waals surface area contributed by atoms with Crippen molar-refractivity contribution in [2.24, 2.45) is 56.2 Å². The van der Waals surface area contributed by atoms with Crippen LogP contribution in [0.4, 0.5) is 0 Å². The second kappa shape index (κ2) is 21.9. The van der Waals surface area contributed by atoms with Crippen molar-refractivity contribution in [3.05, 3.63) is 11.6 Å². The summed E-state index contributed by atoms with van der Waals surface area (Å²) in [6.45, 7) is 15.8. The van der Waals surface area contributed by atoms with Gasteiger partial charge in [0.1, 0.15) is 79.9 Å². The number of hydrogen-bond donors (Lipinski definition) is 11. The Morgan fingerprint density at radius 1 is 0.769 bits per heavy atom. The number of aliphatic hydroxyl groups is 10. The lowest BCUT2D eigenvalue weighted by Gasteiger charge is -2.71. The van der Waals surface area contributed by atoms with E-state index in [4.69, 9.17) is 42.6 Å². The highest BCUT2D eigenvalue weighted by atomic mass is 16.8. The Morgan fingerprint density at radius 3 is 2.08 bits per heavy atom. The quantitative estimate of drug-likeness (QED) is 0.0533. The number of carboxylic acids is 1. The van der Waals surface area contributed by atoms with Crippen LogP contribution in [0.5, 0.6) is 0 Å². The lowest BCUT2D eigenvalue weighted by molar-refractivity contribution is -0.399. The fourth-order valence-corrected chi connectivity index (χ4v) is 16.5. The molecule has 14 N–H and O–H groups in total. The van der Waals surface area contributed by atoms with Crippen LogP contribution in [0.3, 0.4) is 0 Å². The number of fused-ring (bicyclic) bond motifs is 7. The average molecular weight is 1120 g/mol. The Bertz CT molecular complexity index is 2240. The molecule has 4 saturated heterocycles. The fraction of sp³-hybridized carbons (Fsp3) is 0.907. The number of hydrogen-bond acceptors (Lipinski definition) is 23. The largest absolute Gasteiger partial charge is 0.547 e. The Hall–Kier alpha value is -2.57. The minimum atomic E-state index is -2.20. The molecule has 8 fully saturated rings. The molecule has 0 aromatic rings.